The number of hydrogen-bond donors (Lipinski definition) is 0. The Balaban J connectivity index is 2.53. The smallest absolute Gasteiger partial charge is 0.274 e. The molecule has 0 radical (unpaired) electrons. The van der Waals surface area contributed by atoms with Crippen molar-refractivity contribution in [1.29, 1.82) is 0 Å². The Morgan fingerprint density at radius 2 is 2.11 bits per heavy atom. The quantitative estimate of drug-likeness (QED) is 0.604. The molecular weight excluding hydrogens is 349 g/mol. The number of benzene rings is 1. The number of hydrogen-bond acceptors (Lipinski definition) is 3. The molecule has 1 aliphatic heterocycles. The Bertz CT molecular complexity index is 636. The van der Waals surface area contributed by atoms with Crippen molar-refractivity contribution in [2.45, 2.75) is 18.9 Å². The lowest BCUT2D eigenvalue weighted by Gasteiger charge is -2.47. The van der Waals surface area contributed by atoms with Crippen LogP contribution in [0.3, 0.4) is 0 Å². The van der Waals surface area contributed by atoms with Gasteiger partial charge in [-0.3, -0.25) is 4.79 Å². The van der Waals surface area contributed by atoms with Crippen LogP contribution >= 0.6 is 26.6 Å². The number of halogens is 3. The third kappa shape index (κ3) is 2.04. The first kappa shape index (κ1) is 13.8. The molecule has 98 valence electrons. The Hall–Kier alpha value is -0.660. The van der Waals surface area contributed by atoms with Crippen LogP contribution in [0.5, 0.6) is 0 Å². The van der Waals surface area contributed by atoms with Crippen LogP contribution in [0.2, 0.25) is 0 Å². The molecule has 1 aromatic rings. The second-order valence-corrected chi connectivity index (χ2v) is 7.39. The van der Waals surface area contributed by atoms with Gasteiger partial charge in [-0.2, -0.15) is 8.42 Å². The van der Waals surface area contributed by atoms with Crippen LogP contribution in [0.25, 0.3) is 0 Å². The van der Waals surface area contributed by atoms with Crippen LogP contribution in [0.4, 0.5) is 4.39 Å². The fourth-order valence-electron chi connectivity index (χ4n) is 2.12. The van der Waals surface area contributed by atoms with Gasteiger partial charge in [0, 0.05) is 15.2 Å². The van der Waals surface area contributed by atoms with E-state index in [4.69, 9.17) is 10.7 Å². The minimum atomic E-state index is -4.16. The first-order valence-electron chi connectivity index (χ1n) is 4.89. The van der Waals surface area contributed by atoms with Gasteiger partial charge in [-0.15, -0.1) is 0 Å². The minimum absolute atomic E-state index is 0.00316. The molecule has 4 nitrogen and oxygen atoms in total. The van der Waals surface area contributed by atoms with Crippen LogP contribution < -0.4 is 0 Å². The van der Waals surface area contributed by atoms with Gasteiger partial charge in [-0.1, -0.05) is 22.0 Å². The predicted octanol–water partition coefficient (Wildman–Crippen LogP) is 2.52. The molecule has 0 aromatic heterocycles. The third-order valence-electron chi connectivity index (χ3n) is 2.90. The Morgan fingerprint density at radius 1 is 1.50 bits per heavy atom. The number of amides is 1. The van der Waals surface area contributed by atoms with Crippen LogP contribution in [0.1, 0.15) is 18.9 Å². The van der Waals surface area contributed by atoms with E-state index in [0.717, 1.165) is 0 Å². The van der Waals surface area contributed by atoms with Crippen molar-refractivity contribution in [3.8, 4) is 0 Å². The Morgan fingerprint density at radius 3 is 2.56 bits per heavy atom. The maximum Gasteiger partial charge on any atom is 0.324 e. The van der Waals surface area contributed by atoms with Crippen molar-refractivity contribution in [1.82, 2.24) is 4.31 Å². The van der Waals surface area contributed by atoms with Crippen molar-refractivity contribution < 1.29 is 17.6 Å². The maximum absolute atomic E-state index is 13.0. The summed E-state index contributed by atoms with van der Waals surface area (Å²) in [7, 11) is 1.08. The van der Waals surface area contributed by atoms with Gasteiger partial charge in [0.1, 0.15) is 5.82 Å². The standard InChI is InChI=1S/C10H8BrClFNO3S/c1-10(5-9(15)14(10)18(12,16)17)7-3-2-6(13)4-8(7)11/h2-4H,5H2,1H3. The summed E-state index contributed by atoms with van der Waals surface area (Å²) in [6, 6.07) is 3.84. The Kier molecular flexibility index (Phi) is 3.19. The van der Waals surface area contributed by atoms with Crippen molar-refractivity contribution in [3.63, 3.8) is 0 Å². The van der Waals surface area contributed by atoms with E-state index >= 15 is 0 Å². The first-order valence-corrected chi connectivity index (χ1v) is 7.95. The number of carbonyl (C=O) groups is 1. The molecule has 18 heavy (non-hydrogen) atoms. The summed E-state index contributed by atoms with van der Waals surface area (Å²) in [5, 5.41) is 0. The highest BCUT2D eigenvalue weighted by atomic mass is 79.9. The number of nitrogens with zero attached hydrogens (tertiary/aromatic N) is 1. The van der Waals surface area contributed by atoms with Crippen LogP contribution in [-0.4, -0.2) is 18.6 Å². The molecule has 1 atom stereocenters. The molecule has 1 heterocycles. The third-order valence-corrected chi connectivity index (χ3v) is 5.01. The summed E-state index contributed by atoms with van der Waals surface area (Å²) >= 11 is 3.16. The summed E-state index contributed by atoms with van der Waals surface area (Å²) in [5.74, 6) is -1.04. The van der Waals surface area contributed by atoms with Gasteiger partial charge in [0.2, 0.25) is 5.91 Å². The molecule has 1 unspecified atom stereocenters. The zero-order valence-electron chi connectivity index (χ0n) is 9.15. The molecule has 1 fully saturated rings. The van der Waals surface area contributed by atoms with E-state index in [2.05, 4.69) is 15.9 Å². The van der Waals surface area contributed by atoms with Crippen LogP contribution in [-0.2, 0) is 19.6 Å². The molecular formula is C10H8BrClFNO3S. The highest BCUT2D eigenvalue weighted by molar-refractivity contribution is 9.10. The summed E-state index contributed by atoms with van der Waals surface area (Å²) in [5.41, 5.74) is -0.586. The minimum Gasteiger partial charge on any atom is -0.274 e. The van der Waals surface area contributed by atoms with Crippen molar-refractivity contribution in [2.75, 3.05) is 0 Å². The molecule has 0 N–H and O–H groups in total. The Labute approximate surface area is 116 Å². The van der Waals surface area contributed by atoms with Gasteiger partial charge >= 0.3 is 9.24 Å². The molecule has 0 saturated carbocycles. The predicted molar refractivity (Wildman–Crippen MR) is 67.7 cm³/mol. The molecule has 0 aliphatic carbocycles. The fourth-order valence-corrected chi connectivity index (χ4v) is 4.53. The van der Waals surface area contributed by atoms with Crippen LogP contribution in [0.15, 0.2) is 22.7 Å². The molecule has 1 aromatic carbocycles. The average molecular weight is 357 g/mol. The average Bonchev–Trinajstić information content (AvgIpc) is 2.12. The lowest BCUT2D eigenvalue weighted by atomic mass is 9.82. The largest absolute Gasteiger partial charge is 0.324 e. The van der Waals surface area contributed by atoms with Gasteiger partial charge in [-0.25, -0.2) is 8.70 Å². The van der Waals surface area contributed by atoms with Crippen LogP contribution in [0, 0.1) is 5.82 Å². The second-order valence-electron chi connectivity index (χ2n) is 4.18. The van der Waals surface area contributed by atoms with Crippen molar-refractivity contribution in [3.05, 3.63) is 34.1 Å². The highest BCUT2D eigenvalue weighted by Crippen LogP contribution is 2.46. The van der Waals surface area contributed by atoms with E-state index in [1.54, 1.807) is 6.92 Å². The lowest BCUT2D eigenvalue weighted by Crippen LogP contribution is -2.60. The van der Waals surface area contributed by atoms with E-state index < -0.39 is 26.5 Å². The summed E-state index contributed by atoms with van der Waals surface area (Å²) in [6.45, 7) is 1.56. The highest BCUT2D eigenvalue weighted by Gasteiger charge is 2.55. The first-order chi connectivity index (χ1) is 8.16. The molecule has 1 saturated heterocycles. The number of β-lactam (4-membered cyclic amide) rings is 1. The summed E-state index contributed by atoms with van der Waals surface area (Å²) < 4.78 is 36.8. The molecule has 8 heteroatoms. The molecule has 1 aliphatic rings. The second kappa shape index (κ2) is 4.18. The lowest BCUT2D eigenvalue weighted by molar-refractivity contribution is -0.144. The SMILES string of the molecule is CC1(c2ccc(F)cc2Br)CC(=O)N1S(=O)(=O)Cl. The van der Waals surface area contributed by atoms with Gasteiger partial charge in [0.15, 0.2) is 0 Å². The van der Waals surface area contributed by atoms with E-state index in [0.29, 0.717) is 14.3 Å². The van der Waals surface area contributed by atoms with E-state index in [9.17, 15) is 17.6 Å². The van der Waals surface area contributed by atoms with E-state index in [1.807, 2.05) is 0 Å². The topological polar surface area (TPSA) is 54.5 Å². The molecule has 1 amide bonds. The van der Waals surface area contributed by atoms with Gasteiger partial charge < -0.3 is 0 Å². The monoisotopic (exact) mass is 355 g/mol. The number of rotatable bonds is 2. The van der Waals surface area contributed by atoms with Gasteiger partial charge in [0.05, 0.1) is 12.0 Å². The van der Waals surface area contributed by atoms with Gasteiger partial charge in [-0.05, 0) is 24.6 Å². The zero-order chi connectivity index (χ0) is 13.7. The molecule has 2 rings (SSSR count). The zero-order valence-corrected chi connectivity index (χ0v) is 12.3. The molecule has 0 bridgehead atoms. The summed E-state index contributed by atoms with van der Waals surface area (Å²) in [6.07, 6.45) is 0.00316. The van der Waals surface area contributed by atoms with Gasteiger partial charge in [0.25, 0.3) is 0 Å². The molecule has 0 spiro atoms. The normalized spacial score (nSPS) is 24.0. The fraction of sp³-hybridized carbons (Fsp3) is 0.300. The van der Waals surface area contributed by atoms with E-state index in [-0.39, 0.29) is 6.42 Å². The van der Waals surface area contributed by atoms with Crippen molar-refractivity contribution >= 4 is 41.8 Å². The van der Waals surface area contributed by atoms with Crippen molar-refractivity contribution in [2.24, 2.45) is 0 Å². The summed E-state index contributed by atoms with van der Waals surface area (Å²) in [4.78, 5) is 11.4. The number of carbonyl (C=O) groups excluding carboxylic acids is 1. The van der Waals surface area contributed by atoms with E-state index in [1.165, 1.54) is 18.2 Å². The maximum atomic E-state index is 13.0.